The Morgan fingerprint density at radius 2 is 1.84 bits per heavy atom. The predicted molar refractivity (Wildman–Crippen MR) is 97.5 cm³/mol. The van der Waals surface area contributed by atoms with E-state index in [0.717, 1.165) is 12.1 Å². The van der Waals surface area contributed by atoms with Crippen LogP contribution in [-0.2, 0) is 11.3 Å². The van der Waals surface area contributed by atoms with Crippen LogP contribution in [0.15, 0.2) is 24.3 Å². The minimum atomic E-state index is -0.506. The molecule has 1 aromatic rings. The van der Waals surface area contributed by atoms with E-state index < -0.39 is 6.09 Å². The molecular formula is C18H28N4O3. The number of nitrogens with zero attached hydrogens (tertiary/aromatic N) is 1. The van der Waals surface area contributed by atoms with Crippen molar-refractivity contribution in [3.8, 4) is 0 Å². The molecule has 1 saturated heterocycles. The molecule has 1 aliphatic heterocycles. The van der Waals surface area contributed by atoms with Crippen molar-refractivity contribution in [2.75, 3.05) is 38.6 Å². The molecule has 0 aromatic heterocycles. The lowest BCUT2D eigenvalue weighted by atomic mass is 10.1. The lowest BCUT2D eigenvalue weighted by Gasteiger charge is -2.20. The van der Waals surface area contributed by atoms with E-state index in [0.29, 0.717) is 24.7 Å². The van der Waals surface area contributed by atoms with Crippen LogP contribution in [0.2, 0.25) is 0 Å². The predicted octanol–water partition coefficient (Wildman–Crippen LogP) is 2.40. The Kier molecular flexibility index (Phi) is 7.53. The van der Waals surface area contributed by atoms with Gasteiger partial charge in [-0.1, -0.05) is 19.1 Å². The van der Waals surface area contributed by atoms with Gasteiger partial charge in [-0.2, -0.15) is 0 Å². The number of hydrogen-bond acceptors (Lipinski definition) is 4. The zero-order chi connectivity index (χ0) is 18.1. The lowest BCUT2D eigenvalue weighted by Crippen LogP contribution is -2.39. The number of rotatable bonds is 7. The first-order valence-electron chi connectivity index (χ1n) is 8.75. The third-order valence-corrected chi connectivity index (χ3v) is 4.22. The van der Waals surface area contributed by atoms with Crippen molar-refractivity contribution >= 4 is 17.8 Å². The standard InChI is InChI=1S/C18H28N4O3/c1-14(13-22-9-3-4-10-22)11-19-17(23)20-12-15-5-7-16(8-6-15)21-18(24)25-2/h5-8,14H,3-4,9-13H2,1-2H3,(H,21,24)(H2,19,20,23). The highest BCUT2D eigenvalue weighted by atomic mass is 16.5. The molecule has 0 bridgehead atoms. The molecule has 2 rings (SSSR count). The SMILES string of the molecule is COC(=O)Nc1ccc(CNC(=O)NCC(C)CN2CCCC2)cc1. The fourth-order valence-corrected chi connectivity index (χ4v) is 2.86. The summed E-state index contributed by atoms with van der Waals surface area (Å²) < 4.78 is 4.53. The Balaban J connectivity index is 1.64. The number of ether oxygens (including phenoxy) is 1. The van der Waals surface area contributed by atoms with E-state index >= 15 is 0 Å². The molecule has 1 fully saturated rings. The summed E-state index contributed by atoms with van der Waals surface area (Å²) in [4.78, 5) is 25.5. The molecule has 1 aliphatic rings. The third kappa shape index (κ3) is 7.01. The normalized spacial score (nSPS) is 15.4. The zero-order valence-corrected chi connectivity index (χ0v) is 15.0. The number of anilines is 1. The van der Waals surface area contributed by atoms with Crippen LogP contribution in [-0.4, -0.2) is 50.3 Å². The van der Waals surface area contributed by atoms with Crippen molar-refractivity contribution in [2.24, 2.45) is 5.92 Å². The highest BCUT2D eigenvalue weighted by molar-refractivity contribution is 5.84. The minimum absolute atomic E-state index is 0.162. The molecule has 0 aliphatic carbocycles. The second-order valence-corrected chi connectivity index (χ2v) is 6.49. The summed E-state index contributed by atoms with van der Waals surface area (Å²) >= 11 is 0. The van der Waals surface area contributed by atoms with Gasteiger partial charge in [-0.3, -0.25) is 5.32 Å². The molecule has 0 spiro atoms. The number of amides is 3. The van der Waals surface area contributed by atoms with Crippen molar-refractivity contribution in [3.63, 3.8) is 0 Å². The van der Waals surface area contributed by atoms with Gasteiger partial charge in [0.05, 0.1) is 7.11 Å². The maximum absolute atomic E-state index is 11.9. The van der Waals surface area contributed by atoms with Gasteiger partial charge in [0.1, 0.15) is 0 Å². The van der Waals surface area contributed by atoms with E-state index in [1.165, 1.54) is 33.0 Å². The number of methoxy groups -OCH3 is 1. The highest BCUT2D eigenvalue weighted by Crippen LogP contribution is 2.10. The summed E-state index contributed by atoms with van der Waals surface area (Å²) in [5, 5.41) is 8.35. The molecule has 138 valence electrons. The monoisotopic (exact) mass is 348 g/mol. The molecular weight excluding hydrogens is 320 g/mol. The molecule has 3 N–H and O–H groups in total. The van der Waals surface area contributed by atoms with E-state index in [-0.39, 0.29) is 6.03 Å². The van der Waals surface area contributed by atoms with Crippen LogP contribution in [0.4, 0.5) is 15.3 Å². The first-order chi connectivity index (χ1) is 12.1. The Labute approximate surface area is 149 Å². The average molecular weight is 348 g/mol. The number of hydrogen-bond donors (Lipinski definition) is 3. The number of nitrogens with one attached hydrogen (secondary N) is 3. The van der Waals surface area contributed by atoms with E-state index in [2.05, 4.69) is 32.5 Å². The van der Waals surface area contributed by atoms with Gasteiger partial charge >= 0.3 is 12.1 Å². The smallest absolute Gasteiger partial charge is 0.411 e. The van der Waals surface area contributed by atoms with Crippen LogP contribution in [0, 0.1) is 5.92 Å². The third-order valence-electron chi connectivity index (χ3n) is 4.22. The van der Waals surface area contributed by atoms with Crippen molar-refractivity contribution in [3.05, 3.63) is 29.8 Å². The van der Waals surface area contributed by atoms with Gasteiger partial charge in [0.2, 0.25) is 0 Å². The van der Waals surface area contributed by atoms with Crippen molar-refractivity contribution in [1.29, 1.82) is 0 Å². The van der Waals surface area contributed by atoms with Gasteiger partial charge in [-0.05, 0) is 49.5 Å². The summed E-state index contributed by atoms with van der Waals surface area (Å²) in [7, 11) is 1.32. The van der Waals surface area contributed by atoms with Crippen molar-refractivity contribution in [2.45, 2.75) is 26.3 Å². The summed E-state index contributed by atoms with van der Waals surface area (Å²) in [5.41, 5.74) is 1.60. The molecule has 3 amide bonds. The van der Waals surface area contributed by atoms with Crippen LogP contribution in [0.5, 0.6) is 0 Å². The zero-order valence-electron chi connectivity index (χ0n) is 15.0. The molecule has 0 radical (unpaired) electrons. The molecule has 7 heteroatoms. The van der Waals surface area contributed by atoms with Gasteiger partial charge in [-0.25, -0.2) is 9.59 Å². The van der Waals surface area contributed by atoms with Gasteiger partial charge in [0, 0.05) is 25.3 Å². The quantitative estimate of drug-likeness (QED) is 0.707. The number of benzene rings is 1. The first-order valence-corrected chi connectivity index (χ1v) is 8.75. The van der Waals surface area contributed by atoms with Gasteiger partial charge in [0.25, 0.3) is 0 Å². The summed E-state index contributed by atoms with van der Waals surface area (Å²) in [6, 6.07) is 7.07. The van der Waals surface area contributed by atoms with E-state index in [9.17, 15) is 9.59 Å². The second-order valence-electron chi connectivity index (χ2n) is 6.49. The molecule has 1 heterocycles. The largest absolute Gasteiger partial charge is 0.453 e. The Hall–Kier alpha value is -2.28. The second kappa shape index (κ2) is 9.88. The Morgan fingerprint density at radius 1 is 1.16 bits per heavy atom. The van der Waals surface area contributed by atoms with Crippen LogP contribution >= 0.6 is 0 Å². The maximum atomic E-state index is 11.9. The molecule has 7 nitrogen and oxygen atoms in total. The molecule has 1 unspecified atom stereocenters. The number of carbonyl (C=O) groups excluding carboxylic acids is 2. The van der Waals surface area contributed by atoms with Crippen LogP contribution in [0.1, 0.15) is 25.3 Å². The van der Waals surface area contributed by atoms with E-state index in [1.54, 1.807) is 12.1 Å². The first kappa shape index (κ1) is 19.1. The minimum Gasteiger partial charge on any atom is -0.453 e. The van der Waals surface area contributed by atoms with Gasteiger partial charge in [0.15, 0.2) is 0 Å². The molecule has 1 aromatic carbocycles. The Morgan fingerprint density at radius 3 is 2.48 bits per heavy atom. The number of carbonyl (C=O) groups is 2. The Bertz CT molecular complexity index is 556. The number of urea groups is 1. The van der Waals surface area contributed by atoms with Crippen LogP contribution in [0.25, 0.3) is 0 Å². The molecule has 25 heavy (non-hydrogen) atoms. The lowest BCUT2D eigenvalue weighted by molar-refractivity contribution is 0.187. The summed E-state index contributed by atoms with van der Waals surface area (Å²) in [5.74, 6) is 0.438. The molecule has 1 atom stereocenters. The van der Waals surface area contributed by atoms with Crippen molar-refractivity contribution < 1.29 is 14.3 Å². The highest BCUT2D eigenvalue weighted by Gasteiger charge is 2.15. The fraction of sp³-hybridized carbons (Fsp3) is 0.556. The van der Waals surface area contributed by atoms with E-state index in [4.69, 9.17) is 0 Å². The van der Waals surface area contributed by atoms with Gasteiger partial charge in [-0.15, -0.1) is 0 Å². The van der Waals surface area contributed by atoms with Crippen LogP contribution < -0.4 is 16.0 Å². The topological polar surface area (TPSA) is 82.7 Å². The molecule has 0 saturated carbocycles. The van der Waals surface area contributed by atoms with Crippen LogP contribution in [0.3, 0.4) is 0 Å². The van der Waals surface area contributed by atoms with E-state index in [1.807, 2.05) is 12.1 Å². The average Bonchev–Trinajstić information content (AvgIpc) is 3.12. The fourth-order valence-electron chi connectivity index (χ4n) is 2.86. The number of likely N-dealkylation sites (tertiary alicyclic amines) is 1. The summed E-state index contributed by atoms with van der Waals surface area (Å²) in [6.45, 7) is 6.66. The summed E-state index contributed by atoms with van der Waals surface area (Å²) in [6.07, 6.45) is 2.07. The maximum Gasteiger partial charge on any atom is 0.411 e. The van der Waals surface area contributed by atoms with Crippen molar-refractivity contribution in [1.82, 2.24) is 15.5 Å². The van der Waals surface area contributed by atoms with Gasteiger partial charge < -0.3 is 20.3 Å².